The maximum absolute atomic E-state index is 4.57. The lowest BCUT2D eigenvalue weighted by Crippen LogP contribution is -2.37. The predicted molar refractivity (Wildman–Crippen MR) is 76.2 cm³/mol. The Morgan fingerprint density at radius 2 is 2.21 bits per heavy atom. The Kier molecular flexibility index (Phi) is 3.55. The normalized spacial score (nSPS) is 19.5. The molecule has 0 spiro atoms. The minimum atomic E-state index is 0.707. The number of hydrogen-bond acceptors (Lipinski definition) is 5. The molecule has 0 saturated carbocycles. The van der Waals surface area contributed by atoms with Crippen molar-refractivity contribution in [3.05, 3.63) is 24.5 Å². The van der Waals surface area contributed by atoms with Crippen LogP contribution >= 0.6 is 0 Å². The van der Waals surface area contributed by atoms with Crippen LogP contribution in [0.3, 0.4) is 0 Å². The highest BCUT2D eigenvalue weighted by Crippen LogP contribution is 2.17. The molecule has 1 N–H and O–H groups in total. The monoisotopic (exact) mass is 257 g/mol. The van der Waals surface area contributed by atoms with E-state index >= 15 is 0 Å². The van der Waals surface area contributed by atoms with Gasteiger partial charge in [0.25, 0.3) is 0 Å². The van der Waals surface area contributed by atoms with Crippen molar-refractivity contribution in [1.82, 2.24) is 20.3 Å². The fourth-order valence-electron chi connectivity index (χ4n) is 2.62. The van der Waals surface area contributed by atoms with E-state index in [2.05, 4.69) is 32.2 Å². The average Bonchev–Trinajstić information content (AvgIpc) is 2.48. The van der Waals surface area contributed by atoms with E-state index in [4.69, 9.17) is 0 Å². The SMILES string of the molecule is CN(CC1CCCNC1)c1ccc2nccnc2n1. The summed E-state index contributed by atoms with van der Waals surface area (Å²) in [5.74, 6) is 1.68. The van der Waals surface area contributed by atoms with E-state index in [1.807, 2.05) is 12.1 Å². The van der Waals surface area contributed by atoms with Crippen LogP contribution in [0.5, 0.6) is 0 Å². The van der Waals surface area contributed by atoms with Crippen LogP contribution in [-0.2, 0) is 0 Å². The van der Waals surface area contributed by atoms with Crippen molar-refractivity contribution in [3.8, 4) is 0 Å². The molecule has 0 bridgehead atoms. The summed E-state index contributed by atoms with van der Waals surface area (Å²) < 4.78 is 0. The summed E-state index contributed by atoms with van der Waals surface area (Å²) in [4.78, 5) is 15.3. The third-order valence-corrected chi connectivity index (χ3v) is 3.64. The lowest BCUT2D eigenvalue weighted by atomic mass is 9.99. The number of aromatic nitrogens is 3. The standard InChI is InChI=1S/C14H19N5/c1-19(10-11-3-2-6-15-9-11)13-5-4-12-14(18-13)17-8-7-16-12/h4-5,7-8,11,15H,2-3,6,9-10H2,1H3. The van der Waals surface area contributed by atoms with Gasteiger partial charge in [0.2, 0.25) is 0 Å². The van der Waals surface area contributed by atoms with E-state index in [1.54, 1.807) is 12.4 Å². The van der Waals surface area contributed by atoms with Crippen molar-refractivity contribution in [2.75, 3.05) is 31.6 Å². The van der Waals surface area contributed by atoms with Gasteiger partial charge in [-0.15, -0.1) is 0 Å². The Bertz CT molecular complexity index is 550. The maximum Gasteiger partial charge on any atom is 0.180 e. The third kappa shape index (κ3) is 2.81. The van der Waals surface area contributed by atoms with Crippen molar-refractivity contribution in [3.63, 3.8) is 0 Å². The molecule has 2 aromatic rings. The largest absolute Gasteiger partial charge is 0.359 e. The lowest BCUT2D eigenvalue weighted by Gasteiger charge is -2.28. The third-order valence-electron chi connectivity index (χ3n) is 3.64. The molecule has 100 valence electrons. The average molecular weight is 257 g/mol. The number of fused-ring (bicyclic) bond motifs is 1. The van der Waals surface area contributed by atoms with Crippen molar-refractivity contribution >= 4 is 17.0 Å². The van der Waals surface area contributed by atoms with Crippen LogP contribution in [-0.4, -0.2) is 41.6 Å². The number of hydrogen-bond donors (Lipinski definition) is 1. The molecule has 1 fully saturated rings. The molecular formula is C14H19N5. The second kappa shape index (κ2) is 5.48. The fraction of sp³-hybridized carbons (Fsp3) is 0.500. The molecule has 1 unspecified atom stereocenters. The van der Waals surface area contributed by atoms with Crippen LogP contribution in [0.1, 0.15) is 12.8 Å². The lowest BCUT2D eigenvalue weighted by molar-refractivity contribution is 0.380. The molecule has 1 atom stereocenters. The molecule has 0 aliphatic carbocycles. The van der Waals surface area contributed by atoms with Crippen molar-refractivity contribution in [2.24, 2.45) is 5.92 Å². The molecule has 1 saturated heterocycles. The summed E-state index contributed by atoms with van der Waals surface area (Å²) in [6, 6.07) is 4.01. The number of nitrogens with zero attached hydrogens (tertiary/aromatic N) is 4. The quantitative estimate of drug-likeness (QED) is 0.902. The second-order valence-electron chi connectivity index (χ2n) is 5.16. The van der Waals surface area contributed by atoms with Crippen molar-refractivity contribution in [1.29, 1.82) is 0 Å². The van der Waals surface area contributed by atoms with Gasteiger partial charge in [0.1, 0.15) is 11.3 Å². The highest BCUT2D eigenvalue weighted by molar-refractivity contribution is 5.71. The number of pyridine rings is 1. The Morgan fingerprint density at radius 1 is 1.32 bits per heavy atom. The summed E-state index contributed by atoms with van der Waals surface area (Å²) >= 11 is 0. The van der Waals surface area contributed by atoms with E-state index < -0.39 is 0 Å². The highest BCUT2D eigenvalue weighted by Gasteiger charge is 2.16. The first-order valence-corrected chi connectivity index (χ1v) is 6.82. The van der Waals surface area contributed by atoms with Crippen LogP contribution < -0.4 is 10.2 Å². The first-order chi connectivity index (χ1) is 9.33. The van der Waals surface area contributed by atoms with Gasteiger partial charge >= 0.3 is 0 Å². The smallest absolute Gasteiger partial charge is 0.180 e. The predicted octanol–water partition coefficient (Wildman–Crippen LogP) is 1.46. The number of rotatable bonds is 3. The first kappa shape index (κ1) is 12.3. The Hall–Kier alpha value is -1.75. The van der Waals surface area contributed by atoms with Gasteiger partial charge < -0.3 is 10.2 Å². The van der Waals surface area contributed by atoms with Gasteiger partial charge in [-0.1, -0.05) is 0 Å². The molecule has 3 heterocycles. The Morgan fingerprint density at radius 3 is 3.05 bits per heavy atom. The molecule has 5 nitrogen and oxygen atoms in total. The van der Waals surface area contributed by atoms with E-state index in [0.29, 0.717) is 11.6 Å². The van der Waals surface area contributed by atoms with E-state index in [-0.39, 0.29) is 0 Å². The fourth-order valence-corrected chi connectivity index (χ4v) is 2.62. The van der Waals surface area contributed by atoms with Crippen LogP contribution in [0.2, 0.25) is 0 Å². The van der Waals surface area contributed by atoms with E-state index in [9.17, 15) is 0 Å². The molecule has 1 aliphatic heterocycles. The second-order valence-corrected chi connectivity index (χ2v) is 5.16. The van der Waals surface area contributed by atoms with Gasteiger partial charge in [-0.25, -0.2) is 9.97 Å². The molecule has 1 aliphatic rings. The van der Waals surface area contributed by atoms with Crippen LogP contribution in [0.4, 0.5) is 5.82 Å². The van der Waals surface area contributed by atoms with Gasteiger partial charge in [0, 0.05) is 26.0 Å². The zero-order valence-corrected chi connectivity index (χ0v) is 11.2. The highest BCUT2D eigenvalue weighted by atomic mass is 15.2. The number of nitrogens with one attached hydrogen (secondary N) is 1. The summed E-state index contributed by atoms with van der Waals surface area (Å²) in [7, 11) is 2.10. The van der Waals surface area contributed by atoms with Crippen molar-refractivity contribution in [2.45, 2.75) is 12.8 Å². The van der Waals surface area contributed by atoms with E-state index in [0.717, 1.165) is 31.0 Å². The molecule has 19 heavy (non-hydrogen) atoms. The first-order valence-electron chi connectivity index (χ1n) is 6.82. The Balaban J connectivity index is 1.75. The van der Waals surface area contributed by atoms with Gasteiger partial charge in [-0.3, -0.25) is 4.98 Å². The molecule has 0 radical (unpaired) electrons. The van der Waals surface area contributed by atoms with Gasteiger partial charge in [0.15, 0.2) is 5.65 Å². The van der Waals surface area contributed by atoms with Crippen molar-refractivity contribution < 1.29 is 0 Å². The summed E-state index contributed by atoms with van der Waals surface area (Å²) in [6.45, 7) is 3.30. The Labute approximate surface area is 113 Å². The van der Waals surface area contributed by atoms with Crippen LogP contribution in [0, 0.1) is 5.92 Å². The molecule has 0 amide bonds. The topological polar surface area (TPSA) is 53.9 Å². The number of anilines is 1. The molecule has 0 aromatic carbocycles. The minimum Gasteiger partial charge on any atom is -0.359 e. The maximum atomic E-state index is 4.57. The summed E-state index contributed by atoms with van der Waals surface area (Å²) in [6.07, 6.45) is 5.95. The van der Waals surface area contributed by atoms with Crippen LogP contribution in [0.25, 0.3) is 11.2 Å². The summed E-state index contributed by atoms with van der Waals surface area (Å²) in [5.41, 5.74) is 1.56. The zero-order chi connectivity index (χ0) is 13.1. The minimum absolute atomic E-state index is 0.707. The molecule has 5 heteroatoms. The molecule has 3 rings (SSSR count). The summed E-state index contributed by atoms with van der Waals surface area (Å²) in [5, 5.41) is 3.45. The zero-order valence-electron chi connectivity index (χ0n) is 11.2. The van der Waals surface area contributed by atoms with Gasteiger partial charge in [-0.2, -0.15) is 0 Å². The van der Waals surface area contributed by atoms with E-state index in [1.165, 1.54) is 12.8 Å². The van der Waals surface area contributed by atoms with Crippen LogP contribution in [0.15, 0.2) is 24.5 Å². The van der Waals surface area contributed by atoms with Gasteiger partial charge in [0.05, 0.1) is 0 Å². The number of piperidine rings is 1. The molecular weight excluding hydrogens is 238 g/mol. The van der Waals surface area contributed by atoms with Gasteiger partial charge in [-0.05, 0) is 44.0 Å². The molecule has 2 aromatic heterocycles.